The number of nitrogens with one attached hydrogen (secondary N) is 1. The average molecular weight is 418 g/mol. The molecule has 0 atom stereocenters. The van der Waals surface area contributed by atoms with Crippen molar-refractivity contribution < 1.29 is 23.9 Å². The number of morpholine rings is 1. The largest absolute Gasteiger partial charge is 0.455 e. The smallest absolute Gasteiger partial charge is 0.309 e. The van der Waals surface area contributed by atoms with Crippen LogP contribution in [0.2, 0.25) is 0 Å². The van der Waals surface area contributed by atoms with Crippen molar-refractivity contribution in [1.29, 1.82) is 0 Å². The molecule has 1 aromatic rings. The van der Waals surface area contributed by atoms with Crippen LogP contribution >= 0.6 is 0 Å². The van der Waals surface area contributed by atoms with Crippen LogP contribution in [0.5, 0.6) is 0 Å². The Morgan fingerprint density at radius 3 is 2.43 bits per heavy atom. The van der Waals surface area contributed by atoms with Crippen molar-refractivity contribution in [2.45, 2.75) is 32.1 Å². The molecule has 0 unspecified atom stereocenters. The maximum atomic E-state index is 12.3. The zero-order valence-corrected chi connectivity index (χ0v) is 17.6. The third kappa shape index (κ3) is 6.45. The van der Waals surface area contributed by atoms with Gasteiger partial charge in [-0.15, -0.1) is 0 Å². The maximum absolute atomic E-state index is 12.3. The molecule has 1 N–H and O–H groups in total. The lowest BCUT2D eigenvalue weighted by molar-refractivity contribution is -0.156. The number of anilines is 2. The van der Waals surface area contributed by atoms with E-state index in [0.717, 1.165) is 64.1 Å². The van der Waals surface area contributed by atoms with Crippen LogP contribution in [0.3, 0.4) is 0 Å². The maximum Gasteiger partial charge on any atom is 0.309 e. The van der Waals surface area contributed by atoms with E-state index in [1.165, 1.54) is 11.9 Å². The lowest BCUT2D eigenvalue weighted by Gasteiger charge is -2.28. The van der Waals surface area contributed by atoms with E-state index in [0.29, 0.717) is 5.69 Å². The van der Waals surface area contributed by atoms with Gasteiger partial charge in [-0.1, -0.05) is 19.3 Å². The molecule has 1 aromatic carbocycles. The van der Waals surface area contributed by atoms with Crippen LogP contribution in [0.15, 0.2) is 24.3 Å². The first kappa shape index (κ1) is 22.1. The molecule has 0 radical (unpaired) electrons. The fourth-order valence-electron chi connectivity index (χ4n) is 3.78. The van der Waals surface area contributed by atoms with E-state index in [9.17, 15) is 14.4 Å². The van der Waals surface area contributed by atoms with Gasteiger partial charge in [0, 0.05) is 31.5 Å². The summed E-state index contributed by atoms with van der Waals surface area (Å²) in [5.74, 6) is -1.09. The predicted octanol–water partition coefficient (Wildman–Crippen LogP) is 2.04. The van der Waals surface area contributed by atoms with Crippen molar-refractivity contribution in [3.05, 3.63) is 24.3 Å². The fourth-order valence-corrected chi connectivity index (χ4v) is 3.78. The van der Waals surface area contributed by atoms with E-state index < -0.39 is 5.91 Å². The van der Waals surface area contributed by atoms with Gasteiger partial charge in [-0.25, -0.2) is 0 Å². The lowest BCUT2D eigenvalue weighted by Crippen LogP contribution is -2.38. The Bertz CT molecular complexity index is 725. The number of rotatable bonds is 7. The van der Waals surface area contributed by atoms with Crippen molar-refractivity contribution in [1.82, 2.24) is 4.90 Å². The van der Waals surface area contributed by atoms with Gasteiger partial charge in [0.2, 0.25) is 5.91 Å². The fraction of sp³-hybridized carbons (Fsp3) is 0.591. The molecule has 1 aliphatic carbocycles. The Balaban J connectivity index is 1.40. The van der Waals surface area contributed by atoms with Crippen LogP contribution in [-0.4, -0.2) is 69.2 Å². The topological polar surface area (TPSA) is 88.2 Å². The van der Waals surface area contributed by atoms with Gasteiger partial charge in [0.25, 0.3) is 5.91 Å². The minimum Gasteiger partial charge on any atom is -0.455 e. The van der Waals surface area contributed by atoms with Gasteiger partial charge in [0.15, 0.2) is 6.61 Å². The normalized spacial score (nSPS) is 17.3. The Hall–Kier alpha value is -2.61. The first-order valence-corrected chi connectivity index (χ1v) is 10.7. The summed E-state index contributed by atoms with van der Waals surface area (Å²) in [5, 5.41) is 2.79. The van der Waals surface area contributed by atoms with E-state index in [4.69, 9.17) is 9.47 Å². The van der Waals surface area contributed by atoms with Crippen molar-refractivity contribution >= 4 is 29.2 Å². The number of esters is 1. The summed E-state index contributed by atoms with van der Waals surface area (Å²) >= 11 is 0. The minimum absolute atomic E-state index is 0.0967. The zero-order valence-electron chi connectivity index (χ0n) is 17.6. The first-order valence-electron chi connectivity index (χ1n) is 10.7. The number of ether oxygens (including phenoxy) is 2. The molecule has 2 aliphatic rings. The van der Waals surface area contributed by atoms with E-state index in [-0.39, 0.29) is 30.9 Å². The van der Waals surface area contributed by atoms with Gasteiger partial charge < -0.3 is 24.6 Å². The molecule has 0 aromatic heterocycles. The highest BCUT2D eigenvalue weighted by Gasteiger charge is 2.24. The van der Waals surface area contributed by atoms with Gasteiger partial charge in [0.05, 0.1) is 25.7 Å². The van der Waals surface area contributed by atoms with Crippen molar-refractivity contribution in [3.8, 4) is 0 Å². The molecule has 1 heterocycles. The third-order valence-corrected chi connectivity index (χ3v) is 5.61. The van der Waals surface area contributed by atoms with Crippen LogP contribution in [0.25, 0.3) is 0 Å². The van der Waals surface area contributed by atoms with Crippen LogP contribution in [-0.2, 0) is 23.9 Å². The lowest BCUT2D eigenvalue weighted by atomic mass is 9.89. The molecule has 1 saturated carbocycles. The molecular formula is C22H31N3O5. The Kier molecular flexibility index (Phi) is 8.07. The summed E-state index contributed by atoms with van der Waals surface area (Å²) in [6.07, 6.45) is 4.87. The number of hydrogen-bond acceptors (Lipinski definition) is 6. The molecule has 3 rings (SSSR count). The van der Waals surface area contributed by atoms with Crippen molar-refractivity contribution in [3.63, 3.8) is 0 Å². The van der Waals surface area contributed by atoms with Crippen LogP contribution in [0.1, 0.15) is 32.1 Å². The Labute approximate surface area is 177 Å². The number of benzene rings is 1. The van der Waals surface area contributed by atoms with Gasteiger partial charge in [-0.05, 0) is 37.1 Å². The summed E-state index contributed by atoms with van der Waals surface area (Å²) in [6, 6.07) is 7.61. The number of amides is 2. The molecular weight excluding hydrogens is 386 g/mol. The van der Waals surface area contributed by atoms with E-state index in [1.807, 2.05) is 24.3 Å². The first-order chi connectivity index (χ1) is 14.5. The second-order valence-corrected chi connectivity index (χ2v) is 7.89. The highest BCUT2D eigenvalue weighted by Crippen LogP contribution is 2.24. The second-order valence-electron chi connectivity index (χ2n) is 7.89. The summed E-state index contributed by atoms with van der Waals surface area (Å²) in [6.45, 7) is 2.70. The minimum atomic E-state index is -0.392. The van der Waals surface area contributed by atoms with Crippen molar-refractivity contribution in [2.24, 2.45) is 5.92 Å². The number of carbonyl (C=O) groups is 3. The summed E-state index contributed by atoms with van der Waals surface area (Å²) in [4.78, 5) is 40.0. The molecule has 1 aliphatic heterocycles. The van der Waals surface area contributed by atoms with Gasteiger partial charge in [-0.3, -0.25) is 14.4 Å². The predicted molar refractivity (Wildman–Crippen MR) is 113 cm³/mol. The molecule has 2 amide bonds. The van der Waals surface area contributed by atoms with E-state index in [2.05, 4.69) is 10.2 Å². The number of hydrogen-bond donors (Lipinski definition) is 1. The molecule has 2 fully saturated rings. The van der Waals surface area contributed by atoms with Crippen LogP contribution in [0, 0.1) is 5.92 Å². The average Bonchev–Trinajstić information content (AvgIpc) is 2.78. The quantitative estimate of drug-likeness (QED) is 0.683. The van der Waals surface area contributed by atoms with Gasteiger partial charge in [0.1, 0.15) is 0 Å². The van der Waals surface area contributed by atoms with E-state index in [1.54, 1.807) is 0 Å². The molecule has 8 heteroatoms. The molecule has 164 valence electrons. The molecule has 0 spiro atoms. The summed E-state index contributed by atoms with van der Waals surface area (Å²) in [5.41, 5.74) is 1.75. The van der Waals surface area contributed by atoms with E-state index >= 15 is 0 Å². The zero-order chi connectivity index (χ0) is 21.3. The Morgan fingerprint density at radius 1 is 1.10 bits per heavy atom. The highest BCUT2D eigenvalue weighted by atomic mass is 16.5. The molecule has 0 bridgehead atoms. The Morgan fingerprint density at radius 2 is 1.77 bits per heavy atom. The summed E-state index contributed by atoms with van der Waals surface area (Å²) in [7, 11) is 1.53. The van der Waals surface area contributed by atoms with Gasteiger partial charge >= 0.3 is 5.97 Å². The molecule has 8 nitrogen and oxygen atoms in total. The van der Waals surface area contributed by atoms with Gasteiger partial charge in [-0.2, -0.15) is 0 Å². The summed E-state index contributed by atoms with van der Waals surface area (Å²) < 4.78 is 10.5. The highest BCUT2D eigenvalue weighted by molar-refractivity contribution is 5.95. The SMILES string of the molecule is CN(CC(=O)Nc1ccc(N2CCOCC2)cc1)C(=O)COC(=O)C1CCCCC1. The van der Waals surface area contributed by atoms with Crippen LogP contribution < -0.4 is 10.2 Å². The second kappa shape index (κ2) is 11.0. The molecule has 30 heavy (non-hydrogen) atoms. The monoisotopic (exact) mass is 417 g/mol. The standard InChI is InChI=1S/C22H31N3O5/c1-24(21(27)16-30-22(28)17-5-3-2-4-6-17)15-20(26)23-18-7-9-19(10-8-18)25-11-13-29-14-12-25/h7-10,17H,2-6,11-16H2,1H3,(H,23,26). The number of likely N-dealkylation sites (N-methyl/N-ethyl adjacent to an activating group) is 1. The van der Waals surface area contributed by atoms with Crippen molar-refractivity contribution in [2.75, 3.05) is 56.7 Å². The number of nitrogens with zero attached hydrogens (tertiary/aromatic N) is 2. The number of carbonyl (C=O) groups excluding carboxylic acids is 3. The molecule has 1 saturated heterocycles. The third-order valence-electron chi connectivity index (χ3n) is 5.61. The van der Waals surface area contributed by atoms with Crippen LogP contribution in [0.4, 0.5) is 11.4 Å².